The lowest BCUT2D eigenvalue weighted by atomic mass is 10.0. The van der Waals surface area contributed by atoms with E-state index in [-0.39, 0.29) is 17.7 Å². The minimum Gasteiger partial charge on any atom is -0.356 e. The number of carbonyl (C=O) groups excluding carboxylic acids is 1. The molecule has 156 valence electrons. The fraction of sp³-hybridized carbons (Fsp3) is 0.417. The Morgan fingerprint density at radius 3 is 2.50 bits per heavy atom. The van der Waals surface area contributed by atoms with Gasteiger partial charge in [0.05, 0.1) is 17.0 Å². The van der Waals surface area contributed by atoms with E-state index < -0.39 is 0 Å². The van der Waals surface area contributed by atoms with Gasteiger partial charge in [0, 0.05) is 35.7 Å². The largest absolute Gasteiger partial charge is 0.356 e. The van der Waals surface area contributed by atoms with Gasteiger partial charge in [0.1, 0.15) is 5.82 Å². The normalized spacial score (nSPS) is 17.9. The van der Waals surface area contributed by atoms with Crippen molar-refractivity contribution in [1.29, 1.82) is 0 Å². The molecule has 2 aromatic heterocycles. The van der Waals surface area contributed by atoms with Crippen LogP contribution in [-0.4, -0.2) is 21.0 Å². The van der Waals surface area contributed by atoms with Crippen LogP contribution in [0.1, 0.15) is 55.8 Å². The predicted octanol–water partition coefficient (Wildman–Crippen LogP) is 4.81. The fourth-order valence-corrected chi connectivity index (χ4v) is 3.51. The predicted molar refractivity (Wildman–Crippen MR) is 116 cm³/mol. The van der Waals surface area contributed by atoms with Gasteiger partial charge < -0.3 is 9.84 Å². The minimum atomic E-state index is 0.155. The Hall–Kier alpha value is -3.02. The summed E-state index contributed by atoms with van der Waals surface area (Å²) < 4.78 is 5.59. The molecule has 3 aromatic rings. The van der Waals surface area contributed by atoms with Crippen molar-refractivity contribution in [2.24, 2.45) is 11.8 Å². The molecule has 0 spiro atoms. The molecule has 2 heterocycles. The van der Waals surface area contributed by atoms with E-state index in [0.29, 0.717) is 18.2 Å². The number of nitrogens with zero attached hydrogens (tertiary/aromatic N) is 3. The first kappa shape index (κ1) is 20.3. The molecule has 1 fully saturated rings. The standard InChI is InChI=1S/C24H28N4O2/c1-13(2)23-25-12-20(22-15(4)16(5)28-30-22)21(27-23)18-8-6-17(7-9-18)11-26-24(29)19-10-14(19)3/h6-9,12-14,19H,10-11H2,1-5H3,(H,26,29). The zero-order chi connectivity index (χ0) is 21.4. The first-order chi connectivity index (χ1) is 14.3. The molecular formula is C24H28N4O2. The molecule has 6 nitrogen and oxygen atoms in total. The second-order valence-corrected chi connectivity index (χ2v) is 8.60. The molecule has 1 aliphatic carbocycles. The van der Waals surface area contributed by atoms with Gasteiger partial charge in [0.2, 0.25) is 5.91 Å². The molecule has 2 unspecified atom stereocenters. The van der Waals surface area contributed by atoms with Crippen LogP contribution in [0.25, 0.3) is 22.6 Å². The lowest BCUT2D eigenvalue weighted by molar-refractivity contribution is -0.122. The quantitative estimate of drug-likeness (QED) is 0.637. The average Bonchev–Trinajstić information content (AvgIpc) is 3.39. The molecule has 1 saturated carbocycles. The molecule has 1 N–H and O–H groups in total. The van der Waals surface area contributed by atoms with Gasteiger partial charge in [-0.1, -0.05) is 50.2 Å². The summed E-state index contributed by atoms with van der Waals surface area (Å²) in [5.74, 6) is 2.57. The molecule has 30 heavy (non-hydrogen) atoms. The highest BCUT2D eigenvalue weighted by atomic mass is 16.5. The van der Waals surface area contributed by atoms with Crippen molar-refractivity contribution in [2.45, 2.75) is 53.5 Å². The Kier molecular flexibility index (Phi) is 5.41. The van der Waals surface area contributed by atoms with Crippen LogP contribution in [-0.2, 0) is 11.3 Å². The van der Waals surface area contributed by atoms with Crippen molar-refractivity contribution >= 4 is 5.91 Å². The van der Waals surface area contributed by atoms with Crippen LogP contribution in [0, 0.1) is 25.7 Å². The lowest BCUT2D eigenvalue weighted by Gasteiger charge is -2.12. The lowest BCUT2D eigenvalue weighted by Crippen LogP contribution is -2.24. The summed E-state index contributed by atoms with van der Waals surface area (Å²) >= 11 is 0. The Balaban J connectivity index is 1.62. The van der Waals surface area contributed by atoms with Crippen molar-refractivity contribution in [2.75, 3.05) is 0 Å². The summed E-state index contributed by atoms with van der Waals surface area (Å²) in [6.07, 6.45) is 2.83. The van der Waals surface area contributed by atoms with E-state index in [1.165, 1.54) is 0 Å². The maximum Gasteiger partial charge on any atom is 0.223 e. The van der Waals surface area contributed by atoms with Gasteiger partial charge >= 0.3 is 0 Å². The van der Waals surface area contributed by atoms with Crippen LogP contribution in [0.5, 0.6) is 0 Å². The Labute approximate surface area is 177 Å². The number of aryl methyl sites for hydroxylation is 1. The van der Waals surface area contributed by atoms with E-state index >= 15 is 0 Å². The van der Waals surface area contributed by atoms with E-state index in [1.54, 1.807) is 0 Å². The highest BCUT2D eigenvalue weighted by Gasteiger charge is 2.38. The number of hydrogen-bond donors (Lipinski definition) is 1. The smallest absolute Gasteiger partial charge is 0.223 e. The van der Waals surface area contributed by atoms with Crippen LogP contribution >= 0.6 is 0 Å². The third-order valence-corrected chi connectivity index (χ3v) is 5.87. The summed E-state index contributed by atoms with van der Waals surface area (Å²) in [6.45, 7) is 10.7. The summed E-state index contributed by atoms with van der Waals surface area (Å²) in [7, 11) is 0. The number of hydrogen-bond acceptors (Lipinski definition) is 5. The van der Waals surface area contributed by atoms with Crippen molar-refractivity contribution < 1.29 is 9.32 Å². The molecule has 4 rings (SSSR count). The number of aromatic nitrogens is 3. The summed E-state index contributed by atoms with van der Waals surface area (Å²) in [6, 6.07) is 8.14. The summed E-state index contributed by atoms with van der Waals surface area (Å²) in [5, 5.41) is 7.13. The molecular weight excluding hydrogens is 376 g/mol. The average molecular weight is 405 g/mol. The molecule has 6 heteroatoms. The van der Waals surface area contributed by atoms with Crippen molar-refractivity contribution in [3.8, 4) is 22.6 Å². The van der Waals surface area contributed by atoms with Crippen LogP contribution < -0.4 is 5.32 Å². The number of amides is 1. The van der Waals surface area contributed by atoms with Gasteiger partial charge in [-0.3, -0.25) is 4.79 Å². The zero-order valence-corrected chi connectivity index (χ0v) is 18.2. The maximum atomic E-state index is 12.1. The third kappa shape index (κ3) is 3.99. The molecule has 0 radical (unpaired) electrons. The maximum absolute atomic E-state index is 12.1. The van der Waals surface area contributed by atoms with Crippen molar-refractivity contribution in [3.63, 3.8) is 0 Å². The second-order valence-electron chi connectivity index (χ2n) is 8.60. The van der Waals surface area contributed by atoms with E-state index in [0.717, 1.165) is 45.9 Å². The number of benzene rings is 1. The van der Waals surface area contributed by atoms with Gasteiger partial charge in [-0.05, 0) is 31.7 Å². The first-order valence-electron chi connectivity index (χ1n) is 10.5. The van der Waals surface area contributed by atoms with Crippen LogP contribution in [0.3, 0.4) is 0 Å². The van der Waals surface area contributed by atoms with E-state index in [9.17, 15) is 4.79 Å². The number of nitrogens with one attached hydrogen (secondary N) is 1. The summed E-state index contributed by atoms with van der Waals surface area (Å²) in [4.78, 5) is 21.5. The van der Waals surface area contributed by atoms with Crippen molar-refractivity contribution in [3.05, 3.63) is 53.1 Å². The SMILES string of the molecule is Cc1noc(-c2cnc(C(C)C)nc2-c2ccc(CNC(=O)C3CC3C)cc2)c1C. The van der Waals surface area contributed by atoms with Crippen molar-refractivity contribution in [1.82, 2.24) is 20.4 Å². The molecule has 2 atom stereocenters. The van der Waals surface area contributed by atoms with E-state index in [1.807, 2.05) is 44.3 Å². The zero-order valence-electron chi connectivity index (χ0n) is 18.2. The van der Waals surface area contributed by atoms with Gasteiger partial charge in [-0.15, -0.1) is 0 Å². The van der Waals surface area contributed by atoms with E-state index in [4.69, 9.17) is 9.51 Å². The minimum absolute atomic E-state index is 0.155. The molecule has 1 amide bonds. The monoisotopic (exact) mass is 404 g/mol. The summed E-state index contributed by atoms with van der Waals surface area (Å²) in [5.41, 5.74) is 5.56. The topological polar surface area (TPSA) is 80.9 Å². The molecule has 1 aromatic carbocycles. The third-order valence-electron chi connectivity index (χ3n) is 5.87. The highest BCUT2D eigenvalue weighted by molar-refractivity contribution is 5.81. The number of rotatable bonds is 6. The van der Waals surface area contributed by atoms with Crippen LogP contribution in [0.4, 0.5) is 0 Å². The van der Waals surface area contributed by atoms with E-state index in [2.05, 4.69) is 36.2 Å². The Morgan fingerprint density at radius 2 is 1.93 bits per heavy atom. The van der Waals surface area contributed by atoms with Crippen LogP contribution in [0.2, 0.25) is 0 Å². The van der Waals surface area contributed by atoms with Gasteiger partial charge in [-0.2, -0.15) is 0 Å². The second kappa shape index (κ2) is 8.01. The van der Waals surface area contributed by atoms with Gasteiger partial charge in [0.15, 0.2) is 5.76 Å². The number of carbonyl (C=O) groups is 1. The van der Waals surface area contributed by atoms with Gasteiger partial charge in [0.25, 0.3) is 0 Å². The van der Waals surface area contributed by atoms with Crippen LogP contribution in [0.15, 0.2) is 35.0 Å². The molecule has 0 bridgehead atoms. The fourth-order valence-electron chi connectivity index (χ4n) is 3.51. The van der Waals surface area contributed by atoms with Gasteiger partial charge in [-0.25, -0.2) is 9.97 Å². The molecule has 0 saturated heterocycles. The Bertz CT molecular complexity index is 1070. The molecule has 1 aliphatic rings. The Morgan fingerprint density at radius 1 is 1.23 bits per heavy atom. The molecule has 0 aliphatic heterocycles. The highest BCUT2D eigenvalue weighted by Crippen LogP contribution is 2.38. The first-order valence-corrected chi connectivity index (χ1v) is 10.5.